The highest BCUT2D eigenvalue weighted by molar-refractivity contribution is 9.10. The van der Waals surface area contributed by atoms with Crippen molar-refractivity contribution in [2.24, 2.45) is 0 Å². The first-order chi connectivity index (χ1) is 8.40. The molecular formula is C11H6BrF2NO3. The monoisotopic (exact) mass is 317 g/mol. The summed E-state index contributed by atoms with van der Waals surface area (Å²) in [6.45, 7) is 1.38. The van der Waals surface area contributed by atoms with E-state index in [1.165, 1.54) is 6.92 Å². The molecule has 0 radical (unpaired) electrons. The molecule has 0 aliphatic heterocycles. The van der Waals surface area contributed by atoms with Crippen molar-refractivity contribution in [2.45, 2.75) is 6.92 Å². The van der Waals surface area contributed by atoms with Crippen LogP contribution < -0.4 is 0 Å². The van der Waals surface area contributed by atoms with Crippen molar-refractivity contribution in [3.8, 4) is 11.5 Å². The van der Waals surface area contributed by atoms with Crippen LogP contribution in [0.15, 0.2) is 21.0 Å². The zero-order valence-electron chi connectivity index (χ0n) is 9.00. The average molecular weight is 318 g/mol. The number of hydrogen-bond donors (Lipinski definition) is 1. The van der Waals surface area contributed by atoms with E-state index < -0.39 is 34.8 Å². The molecule has 0 saturated carbocycles. The highest BCUT2D eigenvalue weighted by Gasteiger charge is 2.22. The molecular weight excluding hydrogens is 312 g/mol. The Labute approximate surface area is 108 Å². The van der Waals surface area contributed by atoms with E-state index in [9.17, 15) is 13.6 Å². The molecule has 0 aliphatic rings. The summed E-state index contributed by atoms with van der Waals surface area (Å²) >= 11 is 2.94. The van der Waals surface area contributed by atoms with Gasteiger partial charge in [0.15, 0.2) is 0 Å². The summed E-state index contributed by atoms with van der Waals surface area (Å²) in [6.07, 6.45) is 0. The van der Waals surface area contributed by atoms with Gasteiger partial charge in [-0.3, -0.25) is 0 Å². The minimum absolute atomic E-state index is 0.0548. The van der Waals surface area contributed by atoms with Crippen molar-refractivity contribution in [1.82, 2.24) is 4.98 Å². The standard InChI is InChI=1S/C11H6BrF2NO3/c1-4-9(11(16)17)18-10(15-4)8-6(13)2-5(12)3-7(8)14/h2-3H,1H3,(H,16,17). The summed E-state index contributed by atoms with van der Waals surface area (Å²) < 4.78 is 32.3. The number of rotatable bonds is 2. The van der Waals surface area contributed by atoms with E-state index in [2.05, 4.69) is 20.9 Å². The molecule has 0 bridgehead atoms. The van der Waals surface area contributed by atoms with Crippen molar-refractivity contribution in [1.29, 1.82) is 0 Å². The van der Waals surface area contributed by atoms with Crippen LogP contribution in [0.2, 0.25) is 0 Å². The van der Waals surface area contributed by atoms with E-state index in [1.807, 2.05) is 0 Å². The second kappa shape index (κ2) is 4.49. The van der Waals surface area contributed by atoms with Gasteiger partial charge in [0.2, 0.25) is 11.7 Å². The van der Waals surface area contributed by atoms with Gasteiger partial charge in [-0.05, 0) is 19.1 Å². The molecule has 0 atom stereocenters. The second-order valence-electron chi connectivity index (χ2n) is 3.48. The summed E-state index contributed by atoms with van der Waals surface area (Å²) in [5, 5.41) is 8.78. The summed E-state index contributed by atoms with van der Waals surface area (Å²) in [6, 6.07) is 2.08. The number of nitrogens with zero attached hydrogens (tertiary/aromatic N) is 1. The molecule has 4 nitrogen and oxygen atoms in total. The van der Waals surface area contributed by atoms with Crippen LogP contribution in [0, 0.1) is 18.6 Å². The number of hydrogen-bond acceptors (Lipinski definition) is 3. The zero-order chi connectivity index (χ0) is 13.4. The lowest BCUT2D eigenvalue weighted by Crippen LogP contribution is -1.95. The molecule has 0 unspecified atom stereocenters. The Morgan fingerprint density at radius 3 is 2.39 bits per heavy atom. The van der Waals surface area contributed by atoms with Crippen LogP contribution in [0.3, 0.4) is 0 Å². The Bertz CT molecular complexity index is 616. The third kappa shape index (κ3) is 2.13. The van der Waals surface area contributed by atoms with Crippen LogP contribution in [0.1, 0.15) is 16.2 Å². The Kier molecular flexibility index (Phi) is 3.16. The average Bonchev–Trinajstić information content (AvgIpc) is 2.58. The van der Waals surface area contributed by atoms with Gasteiger partial charge in [-0.25, -0.2) is 18.6 Å². The Hall–Kier alpha value is -1.76. The third-order valence-electron chi connectivity index (χ3n) is 2.21. The number of aryl methyl sites for hydroxylation is 1. The van der Waals surface area contributed by atoms with E-state index >= 15 is 0 Å². The first-order valence-electron chi connectivity index (χ1n) is 4.75. The Morgan fingerprint density at radius 1 is 1.39 bits per heavy atom. The number of carboxylic acid groups (broad SMARTS) is 1. The molecule has 18 heavy (non-hydrogen) atoms. The lowest BCUT2D eigenvalue weighted by molar-refractivity contribution is 0.0662. The van der Waals surface area contributed by atoms with Crippen molar-refractivity contribution in [3.05, 3.63) is 39.7 Å². The molecule has 0 aliphatic carbocycles. The molecule has 2 aromatic rings. The van der Waals surface area contributed by atoms with Crippen LogP contribution in [0.4, 0.5) is 8.78 Å². The first kappa shape index (κ1) is 12.7. The third-order valence-corrected chi connectivity index (χ3v) is 2.67. The van der Waals surface area contributed by atoms with Gasteiger partial charge >= 0.3 is 5.97 Å². The van der Waals surface area contributed by atoms with Gasteiger partial charge in [-0.15, -0.1) is 0 Å². The first-order valence-corrected chi connectivity index (χ1v) is 5.55. The lowest BCUT2D eigenvalue weighted by atomic mass is 10.2. The highest BCUT2D eigenvalue weighted by atomic mass is 79.9. The van der Waals surface area contributed by atoms with Gasteiger partial charge in [0.05, 0.1) is 5.69 Å². The number of aromatic nitrogens is 1. The van der Waals surface area contributed by atoms with Gasteiger partial charge in [0, 0.05) is 4.47 Å². The molecule has 1 heterocycles. The lowest BCUT2D eigenvalue weighted by Gasteiger charge is -2.01. The smallest absolute Gasteiger partial charge is 0.373 e. The number of aromatic carboxylic acids is 1. The minimum Gasteiger partial charge on any atom is -0.475 e. The Morgan fingerprint density at radius 2 is 1.94 bits per heavy atom. The summed E-state index contributed by atoms with van der Waals surface area (Å²) in [7, 11) is 0. The molecule has 0 fully saturated rings. The van der Waals surface area contributed by atoms with Gasteiger partial charge in [0.25, 0.3) is 0 Å². The molecule has 1 N–H and O–H groups in total. The largest absolute Gasteiger partial charge is 0.475 e. The fourth-order valence-corrected chi connectivity index (χ4v) is 1.85. The van der Waals surface area contributed by atoms with Crippen molar-refractivity contribution < 1.29 is 23.1 Å². The van der Waals surface area contributed by atoms with Crippen molar-refractivity contribution in [3.63, 3.8) is 0 Å². The van der Waals surface area contributed by atoms with E-state index in [4.69, 9.17) is 9.52 Å². The quantitative estimate of drug-likeness (QED) is 0.922. The fourth-order valence-electron chi connectivity index (χ4n) is 1.45. The predicted molar refractivity (Wildman–Crippen MR) is 61.3 cm³/mol. The van der Waals surface area contributed by atoms with Gasteiger partial charge in [0.1, 0.15) is 17.2 Å². The fraction of sp³-hybridized carbons (Fsp3) is 0.0909. The number of benzene rings is 1. The van der Waals surface area contributed by atoms with E-state index in [-0.39, 0.29) is 10.2 Å². The molecule has 1 aromatic heterocycles. The van der Waals surface area contributed by atoms with Crippen molar-refractivity contribution >= 4 is 21.9 Å². The van der Waals surface area contributed by atoms with Crippen LogP contribution in [-0.2, 0) is 0 Å². The maximum absolute atomic E-state index is 13.6. The van der Waals surface area contributed by atoms with E-state index in [1.54, 1.807) is 0 Å². The van der Waals surface area contributed by atoms with Gasteiger partial charge < -0.3 is 9.52 Å². The SMILES string of the molecule is Cc1nc(-c2c(F)cc(Br)cc2F)oc1C(=O)O. The Balaban J connectivity index is 2.63. The number of carboxylic acids is 1. The van der Waals surface area contributed by atoms with Gasteiger partial charge in [-0.2, -0.15) is 0 Å². The number of halogens is 3. The van der Waals surface area contributed by atoms with Crippen LogP contribution >= 0.6 is 15.9 Å². The summed E-state index contributed by atoms with van der Waals surface area (Å²) in [4.78, 5) is 14.5. The van der Waals surface area contributed by atoms with Crippen molar-refractivity contribution in [2.75, 3.05) is 0 Å². The summed E-state index contributed by atoms with van der Waals surface area (Å²) in [5.41, 5.74) is -0.437. The minimum atomic E-state index is -1.34. The van der Waals surface area contributed by atoms with E-state index in [0.717, 1.165) is 12.1 Å². The maximum atomic E-state index is 13.6. The maximum Gasteiger partial charge on any atom is 0.373 e. The number of carbonyl (C=O) groups is 1. The summed E-state index contributed by atoms with van der Waals surface area (Å²) in [5.74, 6) is -3.96. The topological polar surface area (TPSA) is 63.3 Å². The van der Waals surface area contributed by atoms with Crippen LogP contribution in [-0.4, -0.2) is 16.1 Å². The predicted octanol–water partition coefficient (Wildman–Crippen LogP) is 3.39. The van der Waals surface area contributed by atoms with Crippen LogP contribution in [0.5, 0.6) is 0 Å². The van der Waals surface area contributed by atoms with E-state index in [0.29, 0.717) is 0 Å². The van der Waals surface area contributed by atoms with Crippen LogP contribution in [0.25, 0.3) is 11.5 Å². The molecule has 7 heteroatoms. The van der Waals surface area contributed by atoms with Gasteiger partial charge in [-0.1, -0.05) is 15.9 Å². The molecule has 94 valence electrons. The zero-order valence-corrected chi connectivity index (χ0v) is 10.6. The molecule has 0 amide bonds. The number of oxazole rings is 1. The second-order valence-corrected chi connectivity index (χ2v) is 4.40. The highest BCUT2D eigenvalue weighted by Crippen LogP contribution is 2.29. The molecule has 1 aromatic carbocycles. The molecule has 2 rings (SSSR count). The molecule has 0 spiro atoms. The normalized spacial score (nSPS) is 10.7. The molecule has 0 saturated heterocycles.